The number of carbonyl (C=O) groups is 3. The summed E-state index contributed by atoms with van der Waals surface area (Å²) in [4.78, 5) is 36.0. The summed E-state index contributed by atoms with van der Waals surface area (Å²) in [5, 5.41) is 6.40. The molecule has 2 N–H and O–H groups in total. The molecule has 0 heterocycles. The molecule has 0 saturated carbocycles. The number of aryl methyl sites for hydroxylation is 1. The Bertz CT molecular complexity index is 1140. The molecule has 0 fully saturated rings. The SMILES string of the molecule is Cc1ccc(C(=O)NCC(=O)N/N=C\c2ccc(OC(=O)c3cccc(Br)c3)cc2)cc1. The summed E-state index contributed by atoms with van der Waals surface area (Å²) in [5.41, 5.74) is 5.00. The van der Waals surface area contributed by atoms with Gasteiger partial charge in [0.15, 0.2) is 0 Å². The monoisotopic (exact) mass is 493 g/mol. The number of benzene rings is 3. The van der Waals surface area contributed by atoms with Gasteiger partial charge in [0.25, 0.3) is 11.8 Å². The summed E-state index contributed by atoms with van der Waals surface area (Å²) in [5.74, 6) is -0.874. The lowest BCUT2D eigenvalue weighted by molar-refractivity contribution is -0.120. The van der Waals surface area contributed by atoms with Gasteiger partial charge in [-0.3, -0.25) is 9.59 Å². The first-order valence-electron chi connectivity index (χ1n) is 9.65. The predicted octanol–water partition coefficient (Wildman–Crippen LogP) is 3.86. The van der Waals surface area contributed by atoms with E-state index in [1.165, 1.54) is 6.21 Å². The van der Waals surface area contributed by atoms with Gasteiger partial charge in [-0.15, -0.1) is 0 Å². The number of rotatable bonds is 7. The topological polar surface area (TPSA) is 96.9 Å². The van der Waals surface area contributed by atoms with Crippen molar-refractivity contribution in [3.05, 3.63) is 99.5 Å². The van der Waals surface area contributed by atoms with Crippen molar-refractivity contribution in [3.8, 4) is 5.75 Å². The van der Waals surface area contributed by atoms with E-state index in [0.717, 1.165) is 10.0 Å². The van der Waals surface area contributed by atoms with Crippen molar-refractivity contribution in [1.82, 2.24) is 10.7 Å². The number of nitrogens with zero attached hydrogens (tertiary/aromatic N) is 1. The number of esters is 1. The van der Waals surface area contributed by atoms with Gasteiger partial charge in [0.2, 0.25) is 0 Å². The summed E-state index contributed by atoms with van der Waals surface area (Å²) in [6.45, 7) is 1.73. The van der Waals surface area contributed by atoms with E-state index in [0.29, 0.717) is 22.4 Å². The summed E-state index contributed by atoms with van der Waals surface area (Å²) in [7, 11) is 0. The minimum atomic E-state index is -0.465. The van der Waals surface area contributed by atoms with Gasteiger partial charge in [-0.1, -0.05) is 39.7 Å². The van der Waals surface area contributed by atoms with Crippen molar-refractivity contribution in [3.63, 3.8) is 0 Å². The molecular formula is C24H20BrN3O4. The van der Waals surface area contributed by atoms with Crippen LogP contribution in [0.3, 0.4) is 0 Å². The van der Waals surface area contributed by atoms with Gasteiger partial charge in [-0.25, -0.2) is 10.2 Å². The zero-order chi connectivity index (χ0) is 22.9. The number of nitrogens with one attached hydrogen (secondary N) is 2. The molecule has 162 valence electrons. The van der Waals surface area contributed by atoms with Crippen LogP contribution in [0.5, 0.6) is 5.75 Å². The van der Waals surface area contributed by atoms with Gasteiger partial charge in [0, 0.05) is 10.0 Å². The van der Waals surface area contributed by atoms with E-state index in [2.05, 4.69) is 31.8 Å². The molecule has 0 aliphatic heterocycles. The second-order valence-electron chi connectivity index (χ2n) is 6.81. The number of carbonyl (C=O) groups excluding carboxylic acids is 3. The third-order valence-electron chi connectivity index (χ3n) is 4.28. The van der Waals surface area contributed by atoms with Crippen molar-refractivity contribution in [2.24, 2.45) is 5.10 Å². The highest BCUT2D eigenvalue weighted by Gasteiger charge is 2.09. The fourth-order valence-corrected chi connectivity index (χ4v) is 2.99. The fraction of sp³-hybridized carbons (Fsp3) is 0.0833. The largest absolute Gasteiger partial charge is 0.423 e. The van der Waals surface area contributed by atoms with Crippen LogP contribution in [-0.2, 0) is 4.79 Å². The van der Waals surface area contributed by atoms with Crippen LogP contribution in [0.2, 0.25) is 0 Å². The molecule has 0 saturated heterocycles. The first kappa shape index (κ1) is 22.9. The summed E-state index contributed by atoms with van der Waals surface area (Å²) >= 11 is 3.32. The lowest BCUT2D eigenvalue weighted by Gasteiger charge is -2.05. The molecule has 0 unspecified atom stereocenters. The summed E-state index contributed by atoms with van der Waals surface area (Å²) in [6, 6.07) is 20.6. The second-order valence-corrected chi connectivity index (χ2v) is 7.73. The zero-order valence-electron chi connectivity index (χ0n) is 17.2. The van der Waals surface area contributed by atoms with Crippen LogP contribution in [0.1, 0.15) is 31.8 Å². The number of hydrazone groups is 1. The molecule has 0 aliphatic carbocycles. The molecule has 0 atom stereocenters. The highest BCUT2D eigenvalue weighted by molar-refractivity contribution is 9.10. The minimum absolute atomic E-state index is 0.200. The van der Waals surface area contributed by atoms with E-state index in [1.807, 2.05) is 25.1 Å². The van der Waals surface area contributed by atoms with Crippen molar-refractivity contribution in [1.29, 1.82) is 0 Å². The minimum Gasteiger partial charge on any atom is -0.423 e. The Morgan fingerprint density at radius 1 is 0.969 bits per heavy atom. The third kappa shape index (κ3) is 6.88. The highest BCUT2D eigenvalue weighted by Crippen LogP contribution is 2.16. The molecular weight excluding hydrogens is 474 g/mol. The van der Waals surface area contributed by atoms with Gasteiger partial charge in [-0.05, 0) is 67.1 Å². The van der Waals surface area contributed by atoms with Gasteiger partial charge in [0.1, 0.15) is 5.75 Å². The van der Waals surface area contributed by atoms with E-state index in [1.54, 1.807) is 54.6 Å². The zero-order valence-corrected chi connectivity index (χ0v) is 18.8. The van der Waals surface area contributed by atoms with Crippen molar-refractivity contribution in [2.75, 3.05) is 6.54 Å². The number of hydrogen-bond donors (Lipinski definition) is 2. The van der Waals surface area contributed by atoms with Crippen molar-refractivity contribution >= 4 is 39.9 Å². The van der Waals surface area contributed by atoms with Gasteiger partial charge < -0.3 is 10.1 Å². The molecule has 0 aliphatic rings. The molecule has 3 aromatic rings. The van der Waals surface area contributed by atoms with Gasteiger partial charge >= 0.3 is 5.97 Å². The lowest BCUT2D eigenvalue weighted by Crippen LogP contribution is -2.34. The van der Waals surface area contributed by atoms with Crippen LogP contribution in [0.25, 0.3) is 0 Å². The maximum Gasteiger partial charge on any atom is 0.343 e. The molecule has 0 aromatic heterocycles. The third-order valence-corrected chi connectivity index (χ3v) is 4.77. The number of ether oxygens (including phenoxy) is 1. The maximum atomic E-state index is 12.2. The van der Waals surface area contributed by atoms with Crippen LogP contribution in [0, 0.1) is 6.92 Å². The molecule has 8 heteroatoms. The number of halogens is 1. The molecule has 32 heavy (non-hydrogen) atoms. The van der Waals surface area contributed by atoms with Crippen molar-refractivity contribution < 1.29 is 19.1 Å². The molecule has 2 amide bonds. The Morgan fingerprint density at radius 3 is 2.38 bits per heavy atom. The Kier molecular flexibility index (Phi) is 7.88. The molecule has 3 rings (SSSR count). The summed E-state index contributed by atoms with van der Waals surface area (Å²) < 4.78 is 6.12. The highest BCUT2D eigenvalue weighted by atomic mass is 79.9. The van der Waals surface area contributed by atoms with Crippen LogP contribution < -0.4 is 15.5 Å². The van der Waals surface area contributed by atoms with Crippen molar-refractivity contribution in [2.45, 2.75) is 6.92 Å². The fourth-order valence-electron chi connectivity index (χ4n) is 2.59. The molecule has 0 bridgehead atoms. The van der Waals surface area contributed by atoms with Crippen LogP contribution in [0.4, 0.5) is 0 Å². The number of hydrogen-bond acceptors (Lipinski definition) is 5. The average molecular weight is 494 g/mol. The van der Waals surface area contributed by atoms with E-state index >= 15 is 0 Å². The van der Waals surface area contributed by atoms with Crippen LogP contribution in [0.15, 0.2) is 82.4 Å². The molecule has 7 nitrogen and oxygen atoms in total. The first-order valence-corrected chi connectivity index (χ1v) is 10.4. The quantitative estimate of drug-likeness (QED) is 0.226. The van der Waals surface area contributed by atoms with E-state index in [4.69, 9.17) is 4.74 Å². The summed E-state index contributed by atoms with van der Waals surface area (Å²) in [6.07, 6.45) is 1.44. The van der Waals surface area contributed by atoms with Gasteiger partial charge in [-0.2, -0.15) is 5.10 Å². The van der Waals surface area contributed by atoms with Crippen LogP contribution in [-0.4, -0.2) is 30.5 Å². The van der Waals surface area contributed by atoms with Crippen LogP contribution >= 0.6 is 15.9 Å². The Morgan fingerprint density at radius 2 is 1.69 bits per heavy atom. The molecule has 0 radical (unpaired) electrons. The Balaban J connectivity index is 1.45. The van der Waals surface area contributed by atoms with E-state index in [9.17, 15) is 14.4 Å². The maximum absolute atomic E-state index is 12.2. The van der Waals surface area contributed by atoms with E-state index < -0.39 is 11.9 Å². The average Bonchev–Trinajstić information content (AvgIpc) is 2.79. The normalized spacial score (nSPS) is 10.6. The van der Waals surface area contributed by atoms with E-state index in [-0.39, 0.29) is 12.5 Å². The smallest absolute Gasteiger partial charge is 0.343 e. The molecule has 0 spiro atoms. The molecule has 3 aromatic carbocycles. The standard InChI is InChI=1S/C24H20BrN3O4/c1-16-5-9-18(10-6-16)23(30)26-15-22(29)28-27-14-17-7-11-21(12-8-17)32-24(31)19-3-2-4-20(25)13-19/h2-14H,15H2,1H3,(H,26,30)(H,28,29)/b27-14-. The van der Waals surface area contributed by atoms with Gasteiger partial charge in [0.05, 0.1) is 18.3 Å². The lowest BCUT2D eigenvalue weighted by atomic mass is 10.1. The number of amides is 2. The second kappa shape index (κ2) is 11.0. The predicted molar refractivity (Wildman–Crippen MR) is 125 cm³/mol. The Labute approximate surface area is 193 Å². The first-order chi connectivity index (χ1) is 15.4. The Hall–Kier alpha value is -3.78.